The molecular formula is C14H18F3N3O. The monoisotopic (exact) mass is 301 g/mol. The lowest BCUT2D eigenvalue weighted by molar-refractivity contribution is -0.136. The molecule has 1 aromatic rings. The number of carbonyl (C=O) groups is 1. The molecule has 0 saturated carbocycles. The van der Waals surface area contributed by atoms with Crippen molar-refractivity contribution in [3.8, 4) is 0 Å². The second kappa shape index (κ2) is 6.34. The molecule has 0 radical (unpaired) electrons. The highest BCUT2D eigenvalue weighted by atomic mass is 19.4. The molecule has 1 aliphatic rings. The maximum Gasteiger partial charge on any atom is 0.418 e. The topological polar surface area (TPSA) is 44.4 Å². The van der Waals surface area contributed by atoms with E-state index in [0.717, 1.165) is 18.9 Å². The van der Waals surface area contributed by atoms with Crippen LogP contribution < -0.4 is 10.6 Å². The Morgan fingerprint density at radius 3 is 2.71 bits per heavy atom. The zero-order chi connectivity index (χ0) is 15.5. The van der Waals surface area contributed by atoms with Crippen LogP contribution in [0.1, 0.15) is 18.4 Å². The van der Waals surface area contributed by atoms with Crippen LogP contribution in [0.25, 0.3) is 0 Å². The number of benzene rings is 1. The summed E-state index contributed by atoms with van der Waals surface area (Å²) in [5, 5.41) is 5.46. The van der Waals surface area contributed by atoms with Gasteiger partial charge in [-0.05, 0) is 32.0 Å². The van der Waals surface area contributed by atoms with Gasteiger partial charge in [0.2, 0.25) is 0 Å². The van der Waals surface area contributed by atoms with E-state index in [0.29, 0.717) is 13.1 Å². The number of halogens is 3. The molecule has 2 N–H and O–H groups in total. The predicted molar refractivity (Wildman–Crippen MR) is 74.1 cm³/mol. The first-order valence-electron chi connectivity index (χ1n) is 6.81. The molecule has 0 aliphatic carbocycles. The molecule has 1 unspecified atom stereocenters. The molecule has 0 spiro atoms. The summed E-state index contributed by atoms with van der Waals surface area (Å²) in [5.41, 5.74) is -1.04. The number of hydrogen-bond acceptors (Lipinski definition) is 2. The molecule has 4 nitrogen and oxygen atoms in total. The number of alkyl halides is 3. The van der Waals surface area contributed by atoms with E-state index in [1.165, 1.54) is 23.1 Å². The van der Waals surface area contributed by atoms with Crippen molar-refractivity contribution in [1.82, 2.24) is 10.2 Å². The Morgan fingerprint density at radius 2 is 2.05 bits per heavy atom. The minimum atomic E-state index is -4.49. The van der Waals surface area contributed by atoms with E-state index in [4.69, 9.17) is 0 Å². The Bertz CT molecular complexity index is 504. The maximum absolute atomic E-state index is 12.9. The van der Waals surface area contributed by atoms with Crippen molar-refractivity contribution in [2.45, 2.75) is 25.1 Å². The smallest absolute Gasteiger partial charge is 0.323 e. The number of amides is 2. The van der Waals surface area contributed by atoms with Gasteiger partial charge < -0.3 is 15.5 Å². The fourth-order valence-electron chi connectivity index (χ4n) is 2.43. The summed E-state index contributed by atoms with van der Waals surface area (Å²) in [6, 6.07) is 4.69. The summed E-state index contributed by atoms with van der Waals surface area (Å²) in [4.78, 5) is 13.7. The van der Waals surface area contributed by atoms with Crippen molar-refractivity contribution in [3.05, 3.63) is 29.8 Å². The number of rotatable bonds is 2. The molecule has 1 fully saturated rings. The number of likely N-dealkylation sites (N-methyl/N-ethyl adjacent to an activating group) is 1. The van der Waals surface area contributed by atoms with Crippen molar-refractivity contribution in [3.63, 3.8) is 0 Å². The predicted octanol–water partition coefficient (Wildman–Crippen LogP) is 2.92. The lowest BCUT2D eigenvalue weighted by Gasteiger charge is -2.32. The maximum atomic E-state index is 12.9. The van der Waals surface area contributed by atoms with E-state index in [9.17, 15) is 18.0 Å². The summed E-state index contributed by atoms with van der Waals surface area (Å²) < 4.78 is 38.6. The van der Waals surface area contributed by atoms with Gasteiger partial charge in [0.15, 0.2) is 0 Å². The van der Waals surface area contributed by atoms with Gasteiger partial charge in [-0.1, -0.05) is 12.1 Å². The lowest BCUT2D eigenvalue weighted by atomic mass is 10.1. The van der Waals surface area contributed by atoms with Gasteiger partial charge in [0.25, 0.3) is 0 Å². The standard InChI is InChI=1S/C14H18F3N3O/c1-18-10-5-4-8-20(9-10)13(21)19-12-7-3-2-6-11(12)14(15,16)17/h2-3,6-7,10,18H,4-5,8-9H2,1H3,(H,19,21). The zero-order valence-corrected chi connectivity index (χ0v) is 11.7. The first kappa shape index (κ1) is 15.6. The van der Waals surface area contributed by atoms with Gasteiger partial charge in [-0.25, -0.2) is 4.79 Å². The highest BCUT2D eigenvalue weighted by Gasteiger charge is 2.34. The number of likely N-dealkylation sites (tertiary alicyclic amines) is 1. The third kappa shape index (κ3) is 3.87. The SMILES string of the molecule is CNC1CCCN(C(=O)Nc2ccccc2C(F)(F)F)C1. The summed E-state index contributed by atoms with van der Waals surface area (Å²) in [5.74, 6) is 0. The Morgan fingerprint density at radius 1 is 1.33 bits per heavy atom. The van der Waals surface area contributed by atoms with Crippen molar-refractivity contribution >= 4 is 11.7 Å². The zero-order valence-electron chi connectivity index (χ0n) is 11.7. The minimum absolute atomic E-state index is 0.183. The first-order chi connectivity index (χ1) is 9.91. The fraction of sp³-hybridized carbons (Fsp3) is 0.500. The second-order valence-corrected chi connectivity index (χ2v) is 5.05. The third-order valence-electron chi connectivity index (χ3n) is 3.59. The first-order valence-corrected chi connectivity index (χ1v) is 6.81. The van der Waals surface area contributed by atoms with Crippen LogP contribution in [-0.4, -0.2) is 37.1 Å². The fourth-order valence-corrected chi connectivity index (χ4v) is 2.43. The number of piperidine rings is 1. The van der Waals surface area contributed by atoms with E-state index in [2.05, 4.69) is 10.6 Å². The van der Waals surface area contributed by atoms with Crippen LogP contribution in [0.2, 0.25) is 0 Å². The van der Waals surface area contributed by atoms with Crippen LogP contribution in [0.15, 0.2) is 24.3 Å². The van der Waals surface area contributed by atoms with E-state index >= 15 is 0 Å². The third-order valence-corrected chi connectivity index (χ3v) is 3.59. The average Bonchev–Trinajstić information content (AvgIpc) is 2.46. The number of anilines is 1. The number of nitrogens with one attached hydrogen (secondary N) is 2. The second-order valence-electron chi connectivity index (χ2n) is 5.05. The number of hydrogen-bond donors (Lipinski definition) is 2. The van der Waals surface area contributed by atoms with Gasteiger partial charge in [0.1, 0.15) is 0 Å². The molecular weight excluding hydrogens is 283 g/mol. The average molecular weight is 301 g/mol. The Kier molecular flexibility index (Phi) is 4.72. The van der Waals surface area contributed by atoms with Crippen LogP contribution in [0.3, 0.4) is 0 Å². The Balaban J connectivity index is 2.10. The molecule has 0 aromatic heterocycles. The summed E-state index contributed by atoms with van der Waals surface area (Å²) in [7, 11) is 1.81. The molecule has 2 rings (SSSR count). The molecule has 116 valence electrons. The van der Waals surface area contributed by atoms with E-state index in [1.54, 1.807) is 0 Å². The Labute approximate surface area is 121 Å². The van der Waals surface area contributed by atoms with Gasteiger partial charge in [-0.15, -0.1) is 0 Å². The molecule has 21 heavy (non-hydrogen) atoms. The molecule has 1 aliphatic heterocycles. The molecule has 1 heterocycles. The van der Waals surface area contributed by atoms with E-state index < -0.39 is 17.8 Å². The van der Waals surface area contributed by atoms with Gasteiger partial charge in [-0.3, -0.25) is 0 Å². The van der Waals surface area contributed by atoms with Crippen molar-refractivity contribution < 1.29 is 18.0 Å². The molecule has 1 aromatic carbocycles. The largest absolute Gasteiger partial charge is 0.418 e. The summed E-state index contributed by atoms with van der Waals surface area (Å²) >= 11 is 0. The molecule has 7 heteroatoms. The lowest BCUT2D eigenvalue weighted by Crippen LogP contribution is -2.48. The Hall–Kier alpha value is -1.76. The highest BCUT2D eigenvalue weighted by Crippen LogP contribution is 2.34. The van der Waals surface area contributed by atoms with Crippen LogP contribution in [0.5, 0.6) is 0 Å². The molecule has 1 saturated heterocycles. The molecule has 1 atom stereocenters. The quantitative estimate of drug-likeness (QED) is 0.882. The van der Waals surface area contributed by atoms with Crippen molar-refractivity contribution in [2.75, 3.05) is 25.5 Å². The van der Waals surface area contributed by atoms with Crippen molar-refractivity contribution in [2.24, 2.45) is 0 Å². The van der Waals surface area contributed by atoms with E-state index in [1.807, 2.05) is 7.05 Å². The number of para-hydroxylation sites is 1. The molecule has 0 bridgehead atoms. The van der Waals surface area contributed by atoms with Crippen LogP contribution in [-0.2, 0) is 6.18 Å². The molecule has 2 amide bonds. The van der Waals surface area contributed by atoms with Crippen molar-refractivity contribution in [1.29, 1.82) is 0 Å². The van der Waals surface area contributed by atoms with Crippen LogP contribution in [0, 0.1) is 0 Å². The number of urea groups is 1. The minimum Gasteiger partial charge on any atom is -0.323 e. The van der Waals surface area contributed by atoms with Crippen LogP contribution in [0.4, 0.5) is 23.7 Å². The summed E-state index contributed by atoms with van der Waals surface area (Å²) in [6.07, 6.45) is -2.70. The summed E-state index contributed by atoms with van der Waals surface area (Å²) in [6.45, 7) is 1.05. The van der Waals surface area contributed by atoms with Gasteiger partial charge in [-0.2, -0.15) is 13.2 Å². The highest BCUT2D eigenvalue weighted by molar-refractivity contribution is 5.90. The number of carbonyl (C=O) groups excluding carboxylic acids is 1. The van der Waals surface area contributed by atoms with Gasteiger partial charge >= 0.3 is 12.2 Å². The normalized spacial score (nSPS) is 19.4. The van der Waals surface area contributed by atoms with Crippen LogP contribution >= 0.6 is 0 Å². The number of nitrogens with zero attached hydrogens (tertiary/aromatic N) is 1. The van der Waals surface area contributed by atoms with Gasteiger partial charge in [0.05, 0.1) is 11.3 Å². The van der Waals surface area contributed by atoms with Gasteiger partial charge in [0, 0.05) is 19.1 Å². The van der Waals surface area contributed by atoms with E-state index in [-0.39, 0.29) is 11.7 Å².